The molecule has 0 fully saturated rings. The summed E-state index contributed by atoms with van der Waals surface area (Å²) in [6.45, 7) is 1.99. The zero-order valence-corrected chi connectivity index (χ0v) is 14.1. The largest absolute Gasteiger partial charge is 0.375 e. The molecule has 4 aliphatic rings. The molecule has 3 nitrogen and oxygen atoms in total. The Labute approximate surface area is 142 Å². The first-order chi connectivity index (χ1) is 11.1. The molecule has 6 rings (SSSR count). The van der Waals surface area contributed by atoms with Crippen molar-refractivity contribution in [2.75, 3.05) is 0 Å². The van der Waals surface area contributed by atoms with Crippen molar-refractivity contribution in [3.8, 4) is 0 Å². The lowest BCUT2D eigenvalue weighted by atomic mass is 9.92. The van der Waals surface area contributed by atoms with Gasteiger partial charge < -0.3 is 5.73 Å². The minimum Gasteiger partial charge on any atom is -0.375 e. The topological polar surface area (TPSA) is 50.4 Å². The number of hydrogen-bond acceptors (Lipinski definition) is 2. The predicted molar refractivity (Wildman–Crippen MR) is 99.8 cm³/mol. The Hall–Kier alpha value is -2.20. The lowest BCUT2D eigenvalue weighted by molar-refractivity contribution is 0.917. The van der Waals surface area contributed by atoms with Crippen molar-refractivity contribution < 1.29 is 0 Å². The summed E-state index contributed by atoms with van der Waals surface area (Å²) in [6.07, 6.45) is 4.11. The quantitative estimate of drug-likeness (QED) is 0.507. The highest BCUT2D eigenvalue weighted by molar-refractivity contribution is 7.80. The molecule has 2 aromatic rings. The maximum absolute atomic E-state index is 5.47. The van der Waals surface area contributed by atoms with E-state index in [1.54, 1.807) is 0 Å². The number of hydrogen-bond donors (Lipinski definition) is 2. The Kier molecular flexibility index (Phi) is 4.72. The second-order valence-electron chi connectivity index (χ2n) is 5.98. The van der Waals surface area contributed by atoms with E-state index in [0.29, 0.717) is 0 Å². The van der Waals surface area contributed by atoms with Crippen molar-refractivity contribution in [1.29, 1.82) is 0 Å². The Balaban J connectivity index is 1.96. The molecular weight excluding hydrogens is 302 g/mol. The number of nitrogens with one attached hydrogen (secondary N) is 1. The molecule has 0 aliphatic heterocycles. The summed E-state index contributed by atoms with van der Waals surface area (Å²) < 4.78 is 0. The molecule has 0 radical (unpaired) electrons. The van der Waals surface area contributed by atoms with Gasteiger partial charge in [-0.2, -0.15) is 5.10 Å². The Morgan fingerprint density at radius 2 is 1.52 bits per heavy atom. The number of rotatable bonds is 2. The third-order valence-electron chi connectivity index (χ3n) is 4.31. The van der Waals surface area contributed by atoms with E-state index >= 15 is 0 Å². The first kappa shape index (κ1) is 15.7. The van der Waals surface area contributed by atoms with E-state index in [1.165, 1.54) is 27.8 Å². The summed E-state index contributed by atoms with van der Waals surface area (Å²) >= 11 is 4.83. The Bertz CT molecular complexity index is 748. The van der Waals surface area contributed by atoms with Gasteiger partial charge in [0.15, 0.2) is 5.11 Å². The Morgan fingerprint density at radius 1 is 0.957 bits per heavy atom. The first-order valence-electron chi connectivity index (χ1n) is 7.91. The van der Waals surface area contributed by atoms with E-state index in [2.05, 4.69) is 53.0 Å². The van der Waals surface area contributed by atoms with Crippen molar-refractivity contribution in [3.05, 3.63) is 70.3 Å². The van der Waals surface area contributed by atoms with Gasteiger partial charge in [-0.1, -0.05) is 36.4 Å². The molecule has 3 N–H and O–H groups in total. The van der Waals surface area contributed by atoms with Crippen LogP contribution in [-0.4, -0.2) is 10.8 Å². The summed E-state index contributed by atoms with van der Waals surface area (Å²) in [6, 6.07) is 15.7. The number of nitrogens with zero attached hydrogens (tertiary/aromatic N) is 1. The van der Waals surface area contributed by atoms with Gasteiger partial charge in [0, 0.05) is 5.56 Å². The minimum absolute atomic E-state index is 0.191. The average Bonchev–Trinajstić information content (AvgIpc) is 2.55. The molecule has 0 spiro atoms. The standard InChI is InChI=1S/C19H21N3S/c1-13(21-22-19(20)23)18-12-16-7-6-14-2-4-15(5-3-14)8-10-17(18)11-9-16/h2-5,9,11-12H,6-8,10H2,1H3,(H3,20,22,23)/b21-13+. The highest BCUT2D eigenvalue weighted by atomic mass is 32.1. The van der Waals surface area contributed by atoms with Gasteiger partial charge in [-0.3, -0.25) is 5.43 Å². The lowest BCUT2D eigenvalue weighted by Crippen LogP contribution is -2.25. The minimum atomic E-state index is 0.191. The first-order valence-corrected chi connectivity index (χ1v) is 8.32. The SMILES string of the molecule is C/C(=N\NC(N)=S)c1cc2ccc1CCc1ccc(cc1)CC2. The van der Waals surface area contributed by atoms with E-state index < -0.39 is 0 Å². The van der Waals surface area contributed by atoms with Crippen LogP contribution in [0, 0.1) is 0 Å². The van der Waals surface area contributed by atoms with Crippen molar-refractivity contribution >= 4 is 23.0 Å². The molecule has 0 atom stereocenters. The molecule has 4 bridgehead atoms. The maximum atomic E-state index is 5.47. The monoisotopic (exact) mass is 323 g/mol. The zero-order valence-electron chi connectivity index (χ0n) is 13.3. The van der Waals surface area contributed by atoms with Crippen LogP contribution in [0.4, 0.5) is 0 Å². The van der Waals surface area contributed by atoms with Crippen molar-refractivity contribution in [2.45, 2.75) is 32.6 Å². The van der Waals surface area contributed by atoms with Gasteiger partial charge >= 0.3 is 0 Å². The number of nitrogens with two attached hydrogens (primary N) is 1. The van der Waals surface area contributed by atoms with E-state index in [4.69, 9.17) is 18.0 Å². The molecule has 0 saturated carbocycles. The van der Waals surface area contributed by atoms with Crippen molar-refractivity contribution in [3.63, 3.8) is 0 Å². The molecule has 4 heteroatoms. The second kappa shape index (κ2) is 6.92. The van der Waals surface area contributed by atoms with E-state index in [9.17, 15) is 0 Å². The van der Waals surface area contributed by atoms with Gasteiger partial charge in [-0.15, -0.1) is 0 Å². The number of hydrazone groups is 1. The lowest BCUT2D eigenvalue weighted by Gasteiger charge is -2.14. The molecule has 0 aromatic heterocycles. The van der Waals surface area contributed by atoms with Gasteiger partial charge in [0.05, 0.1) is 5.71 Å². The molecule has 4 aliphatic carbocycles. The molecule has 0 saturated heterocycles. The molecule has 118 valence electrons. The summed E-state index contributed by atoms with van der Waals surface area (Å²) in [5, 5.41) is 4.50. The van der Waals surface area contributed by atoms with E-state index in [-0.39, 0.29) is 5.11 Å². The fourth-order valence-electron chi connectivity index (χ4n) is 2.97. The van der Waals surface area contributed by atoms with Crippen molar-refractivity contribution in [1.82, 2.24) is 5.43 Å². The predicted octanol–water partition coefficient (Wildman–Crippen LogP) is 3.13. The molecule has 0 amide bonds. The summed E-state index contributed by atoms with van der Waals surface area (Å²) in [7, 11) is 0. The van der Waals surface area contributed by atoms with E-state index in [1.807, 2.05) is 6.92 Å². The van der Waals surface area contributed by atoms with Crippen LogP contribution in [0.25, 0.3) is 0 Å². The highest BCUT2D eigenvalue weighted by Crippen LogP contribution is 2.20. The third-order valence-corrected chi connectivity index (χ3v) is 4.40. The van der Waals surface area contributed by atoms with Gasteiger partial charge in [0.25, 0.3) is 0 Å². The molecular formula is C19H21N3S. The van der Waals surface area contributed by atoms with Crippen LogP contribution in [-0.2, 0) is 25.7 Å². The van der Waals surface area contributed by atoms with Gasteiger partial charge in [-0.25, -0.2) is 0 Å². The van der Waals surface area contributed by atoms with Crippen LogP contribution in [0.3, 0.4) is 0 Å². The second-order valence-corrected chi connectivity index (χ2v) is 6.42. The van der Waals surface area contributed by atoms with Crippen molar-refractivity contribution in [2.24, 2.45) is 10.8 Å². The summed E-state index contributed by atoms with van der Waals surface area (Å²) in [4.78, 5) is 0. The molecule has 0 unspecified atom stereocenters. The summed E-state index contributed by atoms with van der Waals surface area (Å²) in [5.41, 5.74) is 15.7. The van der Waals surface area contributed by atoms with Gasteiger partial charge in [0.2, 0.25) is 0 Å². The average molecular weight is 323 g/mol. The van der Waals surface area contributed by atoms with E-state index in [0.717, 1.165) is 31.4 Å². The van der Waals surface area contributed by atoms with Crippen LogP contribution < -0.4 is 11.2 Å². The van der Waals surface area contributed by atoms with Crippen LogP contribution >= 0.6 is 12.2 Å². The van der Waals surface area contributed by atoms with Gasteiger partial charge in [-0.05, 0) is 73.1 Å². The third kappa shape index (κ3) is 3.96. The van der Waals surface area contributed by atoms with Gasteiger partial charge in [0.1, 0.15) is 0 Å². The van der Waals surface area contributed by atoms with Crippen LogP contribution in [0.5, 0.6) is 0 Å². The smallest absolute Gasteiger partial charge is 0.184 e. The number of aryl methyl sites for hydroxylation is 4. The normalized spacial score (nSPS) is 14.2. The van der Waals surface area contributed by atoms with Crippen LogP contribution in [0.2, 0.25) is 0 Å². The Morgan fingerprint density at radius 3 is 2.17 bits per heavy atom. The number of benzene rings is 2. The maximum Gasteiger partial charge on any atom is 0.184 e. The molecule has 2 aromatic carbocycles. The van der Waals surface area contributed by atoms with Crippen LogP contribution in [0.15, 0.2) is 47.6 Å². The zero-order chi connectivity index (χ0) is 16.2. The van der Waals surface area contributed by atoms with Crippen LogP contribution in [0.1, 0.15) is 34.7 Å². The summed E-state index contributed by atoms with van der Waals surface area (Å²) in [5.74, 6) is 0. The fraction of sp³-hybridized carbons (Fsp3) is 0.263. The number of thiocarbonyl (C=S) groups is 1. The fourth-order valence-corrected chi connectivity index (χ4v) is 3.02. The molecule has 0 heterocycles. The molecule has 23 heavy (non-hydrogen) atoms. The highest BCUT2D eigenvalue weighted by Gasteiger charge is 2.10.